The van der Waals surface area contributed by atoms with E-state index in [0.717, 1.165) is 0 Å². The number of aliphatic hydroxyl groups excluding tert-OH is 1. The molecule has 22 heavy (non-hydrogen) atoms. The van der Waals surface area contributed by atoms with E-state index in [0.29, 0.717) is 25.3 Å². The summed E-state index contributed by atoms with van der Waals surface area (Å²) in [5, 5.41) is 9.94. The van der Waals surface area contributed by atoms with E-state index in [9.17, 15) is 14.7 Å². The highest BCUT2D eigenvalue weighted by Crippen LogP contribution is 2.28. The van der Waals surface area contributed by atoms with Gasteiger partial charge in [-0.2, -0.15) is 0 Å². The van der Waals surface area contributed by atoms with E-state index in [1.54, 1.807) is 6.92 Å². The van der Waals surface area contributed by atoms with Crippen LogP contribution < -0.4 is 17.0 Å². The Labute approximate surface area is 126 Å². The molecule has 0 aliphatic carbocycles. The first-order valence-electron chi connectivity index (χ1n) is 7.08. The molecular formula is C13H21N3O6. The second-order valence-corrected chi connectivity index (χ2v) is 5.01. The van der Waals surface area contributed by atoms with Gasteiger partial charge in [0, 0.05) is 24.7 Å². The lowest BCUT2D eigenvalue weighted by Crippen LogP contribution is -2.33. The van der Waals surface area contributed by atoms with Crippen LogP contribution in [0.5, 0.6) is 0 Å². The van der Waals surface area contributed by atoms with E-state index in [-0.39, 0.29) is 13.0 Å². The van der Waals surface area contributed by atoms with Crippen molar-refractivity contribution in [3.8, 4) is 0 Å². The zero-order valence-corrected chi connectivity index (χ0v) is 12.4. The molecule has 0 radical (unpaired) electrons. The summed E-state index contributed by atoms with van der Waals surface area (Å²) in [6, 6.07) is 0. The van der Waals surface area contributed by atoms with Crippen LogP contribution in [0, 0.1) is 6.92 Å². The Bertz CT molecular complexity index is 598. The molecule has 0 unspecified atom stereocenters. The van der Waals surface area contributed by atoms with Gasteiger partial charge in [0.05, 0.1) is 19.8 Å². The van der Waals surface area contributed by atoms with Gasteiger partial charge in [-0.25, -0.2) is 4.79 Å². The monoisotopic (exact) mass is 315 g/mol. The molecule has 124 valence electrons. The minimum absolute atomic E-state index is 0.194. The lowest BCUT2D eigenvalue weighted by Gasteiger charge is -2.16. The van der Waals surface area contributed by atoms with Crippen molar-refractivity contribution < 1.29 is 19.3 Å². The lowest BCUT2D eigenvalue weighted by atomic mass is 10.2. The van der Waals surface area contributed by atoms with Crippen molar-refractivity contribution in [2.24, 2.45) is 5.73 Å². The molecule has 9 nitrogen and oxygen atoms in total. The fourth-order valence-corrected chi connectivity index (χ4v) is 2.16. The van der Waals surface area contributed by atoms with E-state index in [1.165, 1.54) is 10.8 Å². The highest BCUT2D eigenvalue weighted by molar-refractivity contribution is 5.01. The second-order valence-electron chi connectivity index (χ2n) is 5.01. The Morgan fingerprint density at radius 3 is 2.95 bits per heavy atom. The van der Waals surface area contributed by atoms with Gasteiger partial charge in [0.1, 0.15) is 12.3 Å². The number of nitrogens with zero attached hydrogens (tertiary/aromatic N) is 1. The van der Waals surface area contributed by atoms with Gasteiger partial charge in [-0.3, -0.25) is 14.3 Å². The number of rotatable bonds is 7. The fourth-order valence-electron chi connectivity index (χ4n) is 2.16. The molecule has 1 aromatic heterocycles. The van der Waals surface area contributed by atoms with Crippen molar-refractivity contribution in [2.45, 2.75) is 32.0 Å². The van der Waals surface area contributed by atoms with Gasteiger partial charge in [-0.05, 0) is 6.92 Å². The topological polar surface area (TPSA) is 129 Å². The molecule has 9 heteroatoms. The molecule has 0 saturated carbocycles. The van der Waals surface area contributed by atoms with Crippen LogP contribution >= 0.6 is 0 Å². The van der Waals surface area contributed by atoms with Crippen molar-refractivity contribution in [1.29, 1.82) is 0 Å². The Morgan fingerprint density at radius 2 is 2.23 bits per heavy atom. The third-order valence-corrected chi connectivity index (χ3v) is 3.28. The average Bonchev–Trinajstić information content (AvgIpc) is 2.84. The number of ether oxygens (including phenoxy) is 3. The molecule has 1 fully saturated rings. The maximum absolute atomic E-state index is 11.8. The van der Waals surface area contributed by atoms with Crippen LogP contribution in [-0.4, -0.2) is 53.4 Å². The predicted octanol–water partition coefficient (Wildman–Crippen LogP) is -1.56. The van der Waals surface area contributed by atoms with E-state index in [1.807, 2.05) is 0 Å². The largest absolute Gasteiger partial charge is 0.388 e. The van der Waals surface area contributed by atoms with Gasteiger partial charge < -0.3 is 25.1 Å². The van der Waals surface area contributed by atoms with E-state index < -0.39 is 29.9 Å². The summed E-state index contributed by atoms with van der Waals surface area (Å²) >= 11 is 0. The number of hydrogen-bond acceptors (Lipinski definition) is 7. The molecule has 3 atom stereocenters. The van der Waals surface area contributed by atoms with Crippen molar-refractivity contribution in [3.63, 3.8) is 0 Å². The van der Waals surface area contributed by atoms with Crippen LogP contribution in [0.1, 0.15) is 18.2 Å². The summed E-state index contributed by atoms with van der Waals surface area (Å²) in [5.41, 5.74) is 4.65. The molecule has 0 aromatic carbocycles. The lowest BCUT2D eigenvalue weighted by molar-refractivity contribution is -0.182. The minimum atomic E-state index is -0.862. The normalized spacial score (nSPS) is 24.8. The fraction of sp³-hybridized carbons (Fsp3) is 0.692. The quantitative estimate of drug-likeness (QED) is 0.519. The van der Waals surface area contributed by atoms with Gasteiger partial charge >= 0.3 is 5.69 Å². The molecule has 0 spiro atoms. The van der Waals surface area contributed by atoms with E-state index >= 15 is 0 Å². The summed E-state index contributed by atoms with van der Waals surface area (Å²) in [6.45, 7) is 3.04. The highest BCUT2D eigenvalue weighted by atomic mass is 16.7. The Morgan fingerprint density at radius 1 is 1.45 bits per heavy atom. The summed E-state index contributed by atoms with van der Waals surface area (Å²) in [7, 11) is 0. The van der Waals surface area contributed by atoms with Gasteiger partial charge in [0.2, 0.25) is 0 Å². The summed E-state index contributed by atoms with van der Waals surface area (Å²) < 4.78 is 17.3. The van der Waals surface area contributed by atoms with Gasteiger partial charge in [-0.15, -0.1) is 0 Å². The predicted molar refractivity (Wildman–Crippen MR) is 76.4 cm³/mol. The number of aliphatic hydroxyl groups is 1. The van der Waals surface area contributed by atoms with Crippen LogP contribution in [0.15, 0.2) is 15.8 Å². The molecule has 1 saturated heterocycles. The van der Waals surface area contributed by atoms with Crippen molar-refractivity contribution in [2.75, 3.05) is 26.4 Å². The Balaban J connectivity index is 1.94. The maximum Gasteiger partial charge on any atom is 0.330 e. The summed E-state index contributed by atoms with van der Waals surface area (Å²) in [5.74, 6) is 0. The maximum atomic E-state index is 11.8. The SMILES string of the molecule is Cc1cn([C@H]2C[C@H](O)[C@@H](OCCOCCN)O2)c(=O)[nH]c1=O. The smallest absolute Gasteiger partial charge is 0.330 e. The highest BCUT2D eigenvalue weighted by Gasteiger charge is 2.36. The third kappa shape index (κ3) is 4.02. The number of H-pyrrole nitrogens is 1. The van der Waals surface area contributed by atoms with Crippen LogP contribution in [0.25, 0.3) is 0 Å². The number of nitrogens with one attached hydrogen (secondary N) is 1. The zero-order chi connectivity index (χ0) is 16.1. The first-order valence-corrected chi connectivity index (χ1v) is 7.08. The van der Waals surface area contributed by atoms with E-state index in [4.69, 9.17) is 19.9 Å². The van der Waals surface area contributed by atoms with Crippen LogP contribution in [0.3, 0.4) is 0 Å². The number of aromatic nitrogens is 2. The molecule has 0 bridgehead atoms. The molecule has 1 aliphatic rings. The van der Waals surface area contributed by atoms with Gasteiger partial charge in [-0.1, -0.05) is 0 Å². The average molecular weight is 315 g/mol. The van der Waals surface area contributed by atoms with Crippen molar-refractivity contribution in [1.82, 2.24) is 9.55 Å². The van der Waals surface area contributed by atoms with E-state index in [2.05, 4.69) is 4.98 Å². The van der Waals surface area contributed by atoms with Crippen molar-refractivity contribution in [3.05, 3.63) is 32.6 Å². The van der Waals surface area contributed by atoms with Gasteiger partial charge in [0.15, 0.2) is 6.29 Å². The molecular weight excluding hydrogens is 294 g/mol. The molecule has 4 N–H and O–H groups in total. The second kappa shape index (κ2) is 7.65. The van der Waals surface area contributed by atoms with Crippen molar-refractivity contribution >= 4 is 0 Å². The minimum Gasteiger partial charge on any atom is -0.388 e. The Hall–Kier alpha value is -1.52. The number of nitrogens with two attached hydrogens (primary N) is 1. The standard InChI is InChI=1S/C13H21N3O6/c1-8-7-16(13(19)15-11(8)18)10-6-9(17)12(22-10)21-5-4-20-3-2-14/h7,9-10,12,17H,2-6,14H2,1H3,(H,15,18,19)/t9-,10+,12-/m0/s1. The third-order valence-electron chi connectivity index (χ3n) is 3.28. The van der Waals surface area contributed by atoms with Gasteiger partial charge in [0.25, 0.3) is 5.56 Å². The Kier molecular flexibility index (Phi) is 5.86. The number of aryl methyl sites for hydroxylation is 1. The first kappa shape index (κ1) is 16.8. The summed E-state index contributed by atoms with van der Waals surface area (Å²) in [6.07, 6.45) is -0.789. The molecule has 0 amide bonds. The van der Waals surface area contributed by atoms with Crippen LogP contribution in [-0.2, 0) is 14.2 Å². The van der Waals surface area contributed by atoms with Crippen LogP contribution in [0.2, 0.25) is 0 Å². The first-order chi connectivity index (χ1) is 10.5. The summed E-state index contributed by atoms with van der Waals surface area (Å²) in [4.78, 5) is 25.4. The molecule has 1 aromatic rings. The van der Waals surface area contributed by atoms with Crippen LogP contribution in [0.4, 0.5) is 0 Å². The number of aromatic amines is 1. The molecule has 1 aliphatic heterocycles. The zero-order valence-electron chi connectivity index (χ0n) is 12.4. The molecule has 2 rings (SSSR count). The molecule has 2 heterocycles. The number of hydrogen-bond donors (Lipinski definition) is 3.